The second-order valence-corrected chi connectivity index (χ2v) is 7.71. The molecule has 2 aromatic rings. The van der Waals surface area contributed by atoms with Crippen molar-refractivity contribution in [1.82, 2.24) is 9.80 Å². The van der Waals surface area contributed by atoms with Crippen molar-refractivity contribution >= 4 is 0 Å². The van der Waals surface area contributed by atoms with Gasteiger partial charge in [-0.25, -0.2) is 0 Å². The first kappa shape index (κ1) is 16.8. The first-order chi connectivity index (χ1) is 12.4. The van der Waals surface area contributed by atoms with Gasteiger partial charge >= 0.3 is 0 Å². The van der Waals surface area contributed by atoms with Gasteiger partial charge in [0.25, 0.3) is 0 Å². The summed E-state index contributed by atoms with van der Waals surface area (Å²) in [6.07, 6.45) is 6.81. The number of hydrogen-bond acceptors (Lipinski definition) is 2. The lowest BCUT2D eigenvalue weighted by molar-refractivity contribution is 0.00222. The summed E-state index contributed by atoms with van der Waals surface area (Å²) in [7, 11) is 0. The highest BCUT2D eigenvalue weighted by Gasteiger charge is 2.40. The maximum atomic E-state index is 2.81. The summed E-state index contributed by atoms with van der Waals surface area (Å²) < 4.78 is 0. The molecule has 1 saturated carbocycles. The molecule has 0 N–H and O–H groups in total. The summed E-state index contributed by atoms with van der Waals surface area (Å²) in [6.45, 7) is 5.85. The lowest BCUT2D eigenvalue weighted by atomic mass is 9.75. The van der Waals surface area contributed by atoms with E-state index in [0.717, 1.165) is 6.54 Å². The van der Waals surface area contributed by atoms with Crippen molar-refractivity contribution in [2.45, 2.75) is 44.2 Å². The molecular weight excluding hydrogens is 304 g/mol. The van der Waals surface area contributed by atoms with Crippen molar-refractivity contribution < 1.29 is 0 Å². The zero-order valence-corrected chi connectivity index (χ0v) is 15.2. The van der Waals surface area contributed by atoms with E-state index in [1.54, 1.807) is 5.56 Å². The van der Waals surface area contributed by atoms with Crippen LogP contribution in [0, 0.1) is 0 Å². The Morgan fingerprint density at radius 2 is 1.28 bits per heavy atom. The van der Waals surface area contributed by atoms with Gasteiger partial charge in [0.1, 0.15) is 0 Å². The Hall–Kier alpha value is -1.64. The van der Waals surface area contributed by atoms with Crippen LogP contribution in [-0.4, -0.2) is 36.0 Å². The molecule has 2 aliphatic rings. The monoisotopic (exact) mass is 334 g/mol. The molecule has 2 heteroatoms. The molecule has 0 bridgehead atoms. The molecule has 2 nitrogen and oxygen atoms in total. The molecule has 0 aromatic heterocycles. The standard InChI is InChI=1S/C23H30N2/c1-4-10-21(11-5-1)20-24-16-18-25(19-17-24)23(14-8-3-9-15-23)22-12-6-2-7-13-22/h1-2,4-7,10-13H,3,8-9,14-20H2. The normalized spacial score (nSPS) is 21.9. The van der Waals surface area contributed by atoms with Gasteiger partial charge < -0.3 is 0 Å². The van der Waals surface area contributed by atoms with Gasteiger partial charge in [-0.1, -0.05) is 79.9 Å². The molecule has 0 amide bonds. The van der Waals surface area contributed by atoms with Crippen LogP contribution in [0.3, 0.4) is 0 Å². The van der Waals surface area contributed by atoms with Crippen molar-refractivity contribution in [3.8, 4) is 0 Å². The van der Waals surface area contributed by atoms with Gasteiger partial charge in [0, 0.05) is 38.3 Å². The quantitative estimate of drug-likeness (QED) is 0.802. The maximum Gasteiger partial charge on any atom is 0.0461 e. The highest BCUT2D eigenvalue weighted by Crippen LogP contribution is 2.42. The minimum atomic E-state index is 0.290. The third-order valence-corrected chi connectivity index (χ3v) is 6.22. The highest BCUT2D eigenvalue weighted by atomic mass is 15.3. The molecule has 1 aliphatic carbocycles. The third-order valence-electron chi connectivity index (χ3n) is 6.22. The smallest absolute Gasteiger partial charge is 0.0461 e. The van der Waals surface area contributed by atoms with Crippen LogP contribution in [0.2, 0.25) is 0 Å². The number of rotatable bonds is 4. The lowest BCUT2D eigenvalue weighted by Gasteiger charge is -2.50. The molecule has 25 heavy (non-hydrogen) atoms. The van der Waals surface area contributed by atoms with Crippen LogP contribution in [-0.2, 0) is 12.1 Å². The van der Waals surface area contributed by atoms with E-state index in [4.69, 9.17) is 0 Å². The van der Waals surface area contributed by atoms with Gasteiger partial charge in [-0.2, -0.15) is 0 Å². The molecule has 1 saturated heterocycles. The molecule has 0 radical (unpaired) electrons. The fraction of sp³-hybridized carbons (Fsp3) is 0.478. The van der Waals surface area contributed by atoms with Gasteiger partial charge in [-0.15, -0.1) is 0 Å². The summed E-state index contributed by atoms with van der Waals surface area (Å²) in [5.41, 5.74) is 3.27. The summed E-state index contributed by atoms with van der Waals surface area (Å²) in [5.74, 6) is 0. The Kier molecular flexibility index (Phi) is 5.19. The molecule has 2 aromatic carbocycles. The van der Waals surface area contributed by atoms with E-state index in [1.807, 2.05) is 0 Å². The van der Waals surface area contributed by atoms with Crippen LogP contribution in [0.1, 0.15) is 43.2 Å². The number of benzene rings is 2. The first-order valence-corrected chi connectivity index (χ1v) is 9.94. The predicted octanol–water partition coefficient (Wildman–Crippen LogP) is 4.66. The molecule has 0 spiro atoms. The molecule has 0 unspecified atom stereocenters. The summed E-state index contributed by atoms with van der Waals surface area (Å²) >= 11 is 0. The van der Waals surface area contributed by atoms with E-state index in [-0.39, 0.29) is 0 Å². The summed E-state index contributed by atoms with van der Waals surface area (Å²) in [5, 5.41) is 0. The molecule has 0 atom stereocenters. The predicted molar refractivity (Wildman–Crippen MR) is 104 cm³/mol. The summed E-state index contributed by atoms with van der Waals surface area (Å²) in [6, 6.07) is 22.2. The van der Waals surface area contributed by atoms with Crippen LogP contribution in [0.4, 0.5) is 0 Å². The van der Waals surface area contributed by atoms with Crippen LogP contribution < -0.4 is 0 Å². The third kappa shape index (κ3) is 3.65. The van der Waals surface area contributed by atoms with E-state index in [0.29, 0.717) is 5.54 Å². The lowest BCUT2D eigenvalue weighted by Crippen LogP contribution is -2.56. The second kappa shape index (κ2) is 7.72. The molecule has 1 aliphatic heterocycles. The molecule has 2 fully saturated rings. The maximum absolute atomic E-state index is 2.81. The van der Waals surface area contributed by atoms with Crippen LogP contribution >= 0.6 is 0 Å². The topological polar surface area (TPSA) is 6.48 Å². The van der Waals surface area contributed by atoms with Gasteiger partial charge in [0.15, 0.2) is 0 Å². The van der Waals surface area contributed by atoms with Crippen LogP contribution in [0.5, 0.6) is 0 Å². The Morgan fingerprint density at radius 1 is 0.680 bits per heavy atom. The average molecular weight is 335 g/mol. The average Bonchev–Trinajstić information content (AvgIpc) is 2.70. The minimum Gasteiger partial charge on any atom is -0.297 e. The SMILES string of the molecule is c1ccc(CN2CCN(C3(c4ccccc4)CCCCC3)CC2)cc1. The zero-order chi connectivity index (χ0) is 17.0. The van der Waals surface area contributed by atoms with Gasteiger partial charge in [0.05, 0.1) is 0 Å². The van der Waals surface area contributed by atoms with Crippen molar-refractivity contribution in [3.63, 3.8) is 0 Å². The van der Waals surface area contributed by atoms with Crippen molar-refractivity contribution in [1.29, 1.82) is 0 Å². The Morgan fingerprint density at radius 3 is 1.92 bits per heavy atom. The summed E-state index contributed by atoms with van der Waals surface area (Å²) in [4.78, 5) is 5.43. The van der Waals surface area contributed by atoms with Crippen molar-refractivity contribution in [2.24, 2.45) is 0 Å². The minimum absolute atomic E-state index is 0.290. The molecule has 132 valence electrons. The van der Waals surface area contributed by atoms with E-state index in [9.17, 15) is 0 Å². The fourth-order valence-electron chi connectivity index (χ4n) is 4.85. The Balaban J connectivity index is 1.46. The number of hydrogen-bond donors (Lipinski definition) is 0. The first-order valence-electron chi connectivity index (χ1n) is 9.94. The van der Waals surface area contributed by atoms with Crippen molar-refractivity contribution in [3.05, 3.63) is 71.8 Å². The largest absolute Gasteiger partial charge is 0.297 e. The van der Waals surface area contributed by atoms with Crippen LogP contribution in [0.25, 0.3) is 0 Å². The Labute approximate surface area is 152 Å². The van der Waals surface area contributed by atoms with Gasteiger partial charge in [0.2, 0.25) is 0 Å². The second-order valence-electron chi connectivity index (χ2n) is 7.71. The molecule has 1 heterocycles. The van der Waals surface area contributed by atoms with E-state index in [1.165, 1.54) is 63.8 Å². The van der Waals surface area contributed by atoms with E-state index < -0.39 is 0 Å². The van der Waals surface area contributed by atoms with Crippen molar-refractivity contribution in [2.75, 3.05) is 26.2 Å². The number of piperazine rings is 1. The molecular formula is C23H30N2. The number of nitrogens with zero attached hydrogens (tertiary/aromatic N) is 2. The van der Waals surface area contributed by atoms with Gasteiger partial charge in [-0.05, 0) is 24.0 Å². The van der Waals surface area contributed by atoms with E-state index >= 15 is 0 Å². The Bertz CT molecular complexity index is 638. The zero-order valence-electron chi connectivity index (χ0n) is 15.2. The van der Waals surface area contributed by atoms with Gasteiger partial charge in [-0.3, -0.25) is 9.80 Å². The fourth-order valence-corrected chi connectivity index (χ4v) is 4.85. The van der Waals surface area contributed by atoms with E-state index in [2.05, 4.69) is 70.5 Å². The highest BCUT2D eigenvalue weighted by molar-refractivity contribution is 5.26. The van der Waals surface area contributed by atoms with Crippen LogP contribution in [0.15, 0.2) is 60.7 Å². The molecule has 4 rings (SSSR count).